The molecule has 0 aliphatic heterocycles. The number of alkyl carbamates (subject to hydrolysis) is 1. The van der Waals surface area contributed by atoms with E-state index in [2.05, 4.69) is 10.3 Å². The molecule has 3 rings (SSSR count). The monoisotopic (exact) mass is 284 g/mol. The number of hydrogen-bond acceptors (Lipinski definition) is 3. The molecule has 1 aliphatic rings. The summed E-state index contributed by atoms with van der Waals surface area (Å²) in [7, 11) is 0. The van der Waals surface area contributed by atoms with Crippen LogP contribution in [0.1, 0.15) is 24.0 Å². The van der Waals surface area contributed by atoms with Gasteiger partial charge in [0.05, 0.1) is 5.54 Å². The average molecular weight is 284 g/mol. The number of ether oxygens (including phenoxy) is 1. The molecule has 5 heteroatoms. The van der Waals surface area contributed by atoms with E-state index in [1.807, 2.05) is 30.3 Å². The Bertz CT molecular complexity index is 670. The Balaban J connectivity index is 1.59. The van der Waals surface area contributed by atoms with Gasteiger partial charge in [0.25, 0.3) is 0 Å². The Morgan fingerprint density at radius 1 is 1.19 bits per heavy atom. The maximum atomic E-state index is 11.9. The number of aromatic amines is 1. The summed E-state index contributed by atoms with van der Waals surface area (Å²) < 4.78 is 5.23. The molecule has 1 aromatic heterocycles. The van der Waals surface area contributed by atoms with Crippen LogP contribution in [0.4, 0.5) is 4.79 Å². The van der Waals surface area contributed by atoms with E-state index in [1.165, 1.54) is 6.07 Å². The van der Waals surface area contributed by atoms with Gasteiger partial charge in [-0.2, -0.15) is 0 Å². The second-order valence-corrected chi connectivity index (χ2v) is 5.21. The minimum absolute atomic E-state index is 0.152. The zero-order chi connectivity index (χ0) is 14.7. The van der Waals surface area contributed by atoms with Crippen molar-refractivity contribution in [1.82, 2.24) is 10.3 Å². The van der Waals surface area contributed by atoms with Gasteiger partial charge in [-0.25, -0.2) is 4.79 Å². The van der Waals surface area contributed by atoms with Gasteiger partial charge in [-0.05, 0) is 30.0 Å². The first-order valence-electron chi connectivity index (χ1n) is 6.86. The van der Waals surface area contributed by atoms with Crippen LogP contribution in [0.25, 0.3) is 0 Å². The summed E-state index contributed by atoms with van der Waals surface area (Å²) in [6.45, 7) is 0.244. The number of carbonyl (C=O) groups excluding carboxylic acids is 1. The summed E-state index contributed by atoms with van der Waals surface area (Å²) in [6, 6.07) is 12.7. The minimum atomic E-state index is -0.442. The van der Waals surface area contributed by atoms with Crippen molar-refractivity contribution >= 4 is 6.09 Å². The molecule has 1 amide bonds. The van der Waals surface area contributed by atoms with E-state index >= 15 is 0 Å². The van der Waals surface area contributed by atoms with E-state index in [0.717, 1.165) is 24.0 Å². The molecule has 0 radical (unpaired) electrons. The third-order valence-electron chi connectivity index (χ3n) is 3.64. The van der Waals surface area contributed by atoms with Gasteiger partial charge in [-0.3, -0.25) is 4.79 Å². The van der Waals surface area contributed by atoms with E-state index in [4.69, 9.17) is 4.74 Å². The van der Waals surface area contributed by atoms with Crippen molar-refractivity contribution in [2.24, 2.45) is 0 Å². The van der Waals surface area contributed by atoms with Crippen LogP contribution in [0.3, 0.4) is 0 Å². The Labute approximate surface area is 122 Å². The summed E-state index contributed by atoms with van der Waals surface area (Å²) >= 11 is 0. The number of amides is 1. The number of carbonyl (C=O) groups is 1. The van der Waals surface area contributed by atoms with Crippen molar-refractivity contribution in [1.29, 1.82) is 0 Å². The van der Waals surface area contributed by atoms with Crippen LogP contribution in [0.15, 0.2) is 53.5 Å². The summed E-state index contributed by atoms with van der Waals surface area (Å²) in [4.78, 5) is 25.6. The number of aromatic nitrogens is 1. The van der Waals surface area contributed by atoms with E-state index in [1.54, 1.807) is 12.3 Å². The lowest BCUT2D eigenvalue weighted by atomic mass is 10.1. The highest BCUT2D eigenvalue weighted by Crippen LogP contribution is 2.45. The Morgan fingerprint density at radius 3 is 2.57 bits per heavy atom. The number of pyridine rings is 1. The number of hydrogen-bond donors (Lipinski definition) is 2. The first kappa shape index (κ1) is 13.4. The van der Waals surface area contributed by atoms with Crippen LogP contribution in [-0.4, -0.2) is 11.1 Å². The number of rotatable bonds is 4. The van der Waals surface area contributed by atoms with E-state index in [9.17, 15) is 9.59 Å². The predicted molar refractivity (Wildman–Crippen MR) is 77.7 cm³/mol. The molecule has 0 saturated heterocycles. The lowest BCUT2D eigenvalue weighted by molar-refractivity contribution is 0.134. The van der Waals surface area contributed by atoms with Crippen LogP contribution >= 0.6 is 0 Å². The molecule has 1 saturated carbocycles. The van der Waals surface area contributed by atoms with Crippen LogP contribution < -0.4 is 10.9 Å². The van der Waals surface area contributed by atoms with E-state index in [-0.39, 0.29) is 12.2 Å². The lowest BCUT2D eigenvalue weighted by Gasteiger charge is -2.17. The quantitative estimate of drug-likeness (QED) is 0.905. The fourth-order valence-corrected chi connectivity index (χ4v) is 2.27. The molecule has 1 aromatic carbocycles. The fourth-order valence-electron chi connectivity index (χ4n) is 2.27. The van der Waals surface area contributed by atoms with Crippen LogP contribution in [0.2, 0.25) is 0 Å². The van der Waals surface area contributed by atoms with Gasteiger partial charge in [0, 0.05) is 12.3 Å². The molecule has 2 N–H and O–H groups in total. The highest BCUT2D eigenvalue weighted by atomic mass is 16.5. The van der Waals surface area contributed by atoms with Gasteiger partial charge < -0.3 is 15.0 Å². The molecule has 0 atom stereocenters. The second-order valence-electron chi connectivity index (χ2n) is 5.21. The normalized spacial score (nSPS) is 15.2. The maximum Gasteiger partial charge on any atom is 0.408 e. The van der Waals surface area contributed by atoms with E-state index < -0.39 is 11.6 Å². The first-order chi connectivity index (χ1) is 10.2. The minimum Gasteiger partial charge on any atom is -0.445 e. The van der Waals surface area contributed by atoms with Gasteiger partial charge in [0.1, 0.15) is 6.61 Å². The zero-order valence-electron chi connectivity index (χ0n) is 11.5. The molecule has 21 heavy (non-hydrogen) atoms. The number of benzene rings is 1. The SMILES string of the molecule is O=C(NC1(c2ccc(=O)[nH]c2)CC1)OCc1ccccc1. The molecule has 1 heterocycles. The second kappa shape index (κ2) is 5.44. The smallest absolute Gasteiger partial charge is 0.408 e. The topological polar surface area (TPSA) is 71.2 Å². The van der Waals surface area contributed by atoms with E-state index in [0.29, 0.717) is 0 Å². The maximum absolute atomic E-state index is 11.9. The third kappa shape index (κ3) is 3.13. The molecular formula is C16H16N2O3. The molecule has 0 bridgehead atoms. The van der Waals surface area contributed by atoms with Gasteiger partial charge >= 0.3 is 6.09 Å². The molecule has 0 spiro atoms. The molecule has 1 aliphatic carbocycles. The van der Waals surface area contributed by atoms with Crippen molar-refractivity contribution < 1.29 is 9.53 Å². The van der Waals surface area contributed by atoms with Crippen molar-refractivity contribution in [3.8, 4) is 0 Å². The molecule has 1 fully saturated rings. The zero-order valence-corrected chi connectivity index (χ0v) is 11.5. The van der Waals surface area contributed by atoms with Gasteiger partial charge in [-0.1, -0.05) is 30.3 Å². The summed E-state index contributed by atoms with van der Waals surface area (Å²) in [6.07, 6.45) is 2.90. The Hall–Kier alpha value is -2.56. The number of H-pyrrole nitrogens is 1. The van der Waals surface area contributed by atoms with Crippen molar-refractivity contribution in [2.75, 3.05) is 0 Å². The first-order valence-corrected chi connectivity index (χ1v) is 6.86. The number of nitrogens with one attached hydrogen (secondary N) is 2. The summed E-state index contributed by atoms with van der Waals surface area (Å²) in [5.41, 5.74) is 1.30. The molecule has 2 aromatic rings. The molecule has 0 unspecified atom stereocenters. The van der Waals surface area contributed by atoms with Crippen molar-refractivity contribution in [3.05, 3.63) is 70.1 Å². The summed E-state index contributed by atoms with van der Waals surface area (Å²) in [5.74, 6) is 0. The Kier molecular flexibility index (Phi) is 3.48. The predicted octanol–water partition coefficient (Wildman–Crippen LogP) is 2.29. The largest absolute Gasteiger partial charge is 0.445 e. The fraction of sp³-hybridized carbons (Fsp3) is 0.250. The van der Waals surface area contributed by atoms with Crippen LogP contribution in [-0.2, 0) is 16.9 Å². The summed E-state index contributed by atoms with van der Waals surface area (Å²) in [5, 5.41) is 2.89. The van der Waals surface area contributed by atoms with Gasteiger partial charge in [0.2, 0.25) is 5.56 Å². The average Bonchev–Trinajstić information content (AvgIpc) is 3.27. The lowest BCUT2D eigenvalue weighted by Crippen LogP contribution is -2.35. The third-order valence-corrected chi connectivity index (χ3v) is 3.64. The van der Waals surface area contributed by atoms with Crippen LogP contribution in [0, 0.1) is 0 Å². The highest BCUT2D eigenvalue weighted by molar-refractivity contribution is 5.69. The molecule has 108 valence electrons. The van der Waals surface area contributed by atoms with Crippen molar-refractivity contribution in [3.63, 3.8) is 0 Å². The van der Waals surface area contributed by atoms with Crippen molar-refractivity contribution in [2.45, 2.75) is 25.0 Å². The molecule has 5 nitrogen and oxygen atoms in total. The van der Waals surface area contributed by atoms with Gasteiger partial charge in [-0.15, -0.1) is 0 Å². The van der Waals surface area contributed by atoms with Gasteiger partial charge in [0.15, 0.2) is 0 Å². The highest BCUT2D eigenvalue weighted by Gasteiger charge is 2.46. The Morgan fingerprint density at radius 2 is 1.95 bits per heavy atom. The van der Waals surface area contributed by atoms with Crippen LogP contribution in [0.5, 0.6) is 0 Å². The molecular weight excluding hydrogens is 268 g/mol. The standard InChI is InChI=1S/C16H16N2O3/c19-14-7-6-13(10-17-14)16(8-9-16)18-15(20)21-11-12-4-2-1-3-5-12/h1-7,10H,8-9,11H2,(H,17,19)(H,18,20).